The van der Waals surface area contributed by atoms with Crippen LogP contribution in [0.5, 0.6) is 0 Å². The maximum Gasteiger partial charge on any atom is 0.435 e. The zero-order chi connectivity index (χ0) is 28.5. The summed E-state index contributed by atoms with van der Waals surface area (Å²) in [7, 11) is 1.52. The summed E-state index contributed by atoms with van der Waals surface area (Å²) in [6.45, 7) is 5.11. The average Bonchev–Trinajstić information content (AvgIpc) is 3.48. The molecule has 1 N–H and O–H groups in total. The van der Waals surface area contributed by atoms with Crippen LogP contribution in [0.4, 0.5) is 13.2 Å². The quantitative estimate of drug-likeness (QED) is 0.417. The number of aliphatic carboxylic acids is 1. The second-order valence-corrected chi connectivity index (χ2v) is 8.83. The van der Waals surface area contributed by atoms with Crippen molar-refractivity contribution in [2.24, 2.45) is 0 Å². The number of ether oxygens (including phenoxy) is 2. The molecule has 0 saturated heterocycles. The lowest BCUT2D eigenvalue weighted by Gasteiger charge is -2.27. The van der Waals surface area contributed by atoms with E-state index in [-0.39, 0.29) is 42.3 Å². The number of benzene rings is 1. The van der Waals surface area contributed by atoms with Gasteiger partial charge in [-0.1, -0.05) is 12.6 Å². The molecule has 10 nitrogen and oxygen atoms in total. The van der Waals surface area contributed by atoms with Crippen LogP contribution in [0.2, 0.25) is 0 Å². The topological polar surface area (TPSA) is 114 Å². The minimum absolute atomic E-state index is 0.0156. The van der Waals surface area contributed by atoms with Crippen LogP contribution in [0.15, 0.2) is 60.2 Å². The van der Waals surface area contributed by atoms with E-state index in [1.807, 2.05) is 0 Å². The SMILES string of the molecule is C=C/C(=C\C1=C(C)OCO1)N(C)C(=O)c1cccc(-n2nc(C(F)(F)F)c3c2CCN(C(=O)CC(=O)O)C3)c1. The Hall–Kier alpha value is -4.55. The van der Waals surface area contributed by atoms with Gasteiger partial charge >= 0.3 is 12.1 Å². The van der Waals surface area contributed by atoms with Gasteiger partial charge in [-0.3, -0.25) is 14.4 Å². The molecule has 0 fully saturated rings. The highest BCUT2D eigenvalue weighted by Crippen LogP contribution is 2.36. The molecule has 0 spiro atoms. The normalized spacial score (nSPS) is 15.4. The Morgan fingerprint density at radius 3 is 2.62 bits per heavy atom. The summed E-state index contributed by atoms with van der Waals surface area (Å²) in [6, 6.07) is 6.00. The molecule has 2 aliphatic rings. The van der Waals surface area contributed by atoms with Gasteiger partial charge in [0.25, 0.3) is 5.91 Å². The number of aromatic nitrogens is 2. The minimum atomic E-state index is -4.82. The smallest absolute Gasteiger partial charge is 0.435 e. The number of carboxylic acids is 1. The van der Waals surface area contributed by atoms with Gasteiger partial charge in [0.1, 0.15) is 12.2 Å². The molecule has 0 radical (unpaired) electrons. The van der Waals surface area contributed by atoms with Gasteiger partial charge < -0.3 is 24.4 Å². The van der Waals surface area contributed by atoms with E-state index in [4.69, 9.17) is 14.6 Å². The van der Waals surface area contributed by atoms with Crippen molar-refractivity contribution in [2.45, 2.75) is 32.5 Å². The number of hydrogen-bond donors (Lipinski definition) is 1. The van der Waals surface area contributed by atoms with Gasteiger partial charge in [-0.25, -0.2) is 4.68 Å². The van der Waals surface area contributed by atoms with E-state index < -0.39 is 42.6 Å². The molecule has 2 amide bonds. The van der Waals surface area contributed by atoms with E-state index >= 15 is 0 Å². The van der Waals surface area contributed by atoms with E-state index in [1.54, 1.807) is 13.0 Å². The number of likely N-dealkylation sites (N-methyl/N-ethyl adjacent to an activating group) is 1. The first-order valence-electron chi connectivity index (χ1n) is 11.8. The molecule has 0 unspecified atom stereocenters. The zero-order valence-corrected chi connectivity index (χ0v) is 21.1. The third-order valence-electron chi connectivity index (χ3n) is 6.34. The fourth-order valence-electron chi connectivity index (χ4n) is 4.32. The fourth-order valence-corrected chi connectivity index (χ4v) is 4.32. The van der Waals surface area contributed by atoms with Crippen molar-refractivity contribution in [1.82, 2.24) is 19.6 Å². The van der Waals surface area contributed by atoms with E-state index in [0.717, 1.165) is 9.58 Å². The van der Waals surface area contributed by atoms with Crippen molar-refractivity contribution in [2.75, 3.05) is 20.4 Å². The van der Waals surface area contributed by atoms with E-state index in [2.05, 4.69) is 11.7 Å². The summed E-state index contributed by atoms with van der Waals surface area (Å²) in [5.74, 6) is -1.62. The van der Waals surface area contributed by atoms with Gasteiger partial charge in [-0.2, -0.15) is 18.3 Å². The average molecular weight is 547 g/mol. The summed E-state index contributed by atoms with van der Waals surface area (Å²) in [5.41, 5.74) is -0.330. The molecule has 0 bridgehead atoms. The Morgan fingerprint density at radius 2 is 2.00 bits per heavy atom. The molecule has 39 heavy (non-hydrogen) atoms. The van der Waals surface area contributed by atoms with Crippen LogP contribution in [0.1, 0.15) is 40.7 Å². The molecule has 1 aromatic carbocycles. The van der Waals surface area contributed by atoms with Crippen LogP contribution in [0, 0.1) is 0 Å². The molecular formula is C26H25F3N4O6. The highest BCUT2D eigenvalue weighted by atomic mass is 19.4. The van der Waals surface area contributed by atoms with Crippen LogP contribution in [0.25, 0.3) is 5.69 Å². The molecule has 3 heterocycles. The number of amides is 2. The lowest BCUT2D eigenvalue weighted by atomic mass is 10.0. The number of rotatable bonds is 7. The number of carbonyl (C=O) groups is 3. The highest BCUT2D eigenvalue weighted by molar-refractivity contribution is 5.96. The number of carbonyl (C=O) groups excluding carboxylic acids is 2. The first-order valence-corrected chi connectivity index (χ1v) is 11.8. The summed E-state index contributed by atoms with van der Waals surface area (Å²) in [5, 5.41) is 12.7. The number of alkyl halides is 3. The first kappa shape index (κ1) is 27.5. The Bertz CT molecular complexity index is 1410. The van der Waals surface area contributed by atoms with E-state index in [0.29, 0.717) is 17.2 Å². The first-order chi connectivity index (χ1) is 18.4. The van der Waals surface area contributed by atoms with Crippen molar-refractivity contribution in [3.05, 3.63) is 82.7 Å². The second kappa shape index (κ2) is 10.7. The molecule has 2 aromatic rings. The Kier molecular flexibility index (Phi) is 7.52. The Balaban J connectivity index is 1.67. The number of nitrogens with zero attached hydrogens (tertiary/aromatic N) is 4. The lowest BCUT2D eigenvalue weighted by molar-refractivity contribution is -0.146. The van der Waals surface area contributed by atoms with Gasteiger partial charge in [0.05, 0.1) is 11.4 Å². The molecule has 206 valence electrons. The van der Waals surface area contributed by atoms with Crippen LogP contribution in [-0.4, -0.2) is 62.9 Å². The summed E-state index contributed by atoms with van der Waals surface area (Å²) < 4.78 is 53.5. The van der Waals surface area contributed by atoms with Crippen LogP contribution in [-0.2, 0) is 38.2 Å². The number of fused-ring (bicyclic) bond motifs is 1. The third kappa shape index (κ3) is 5.66. The maximum atomic E-state index is 13.9. The van der Waals surface area contributed by atoms with Crippen molar-refractivity contribution < 1.29 is 42.1 Å². The van der Waals surface area contributed by atoms with Crippen LogP contribution in [0.3, 0.4) is 0 Å². The largest absolute Gasteiger partial charge is 0.481 e. The van der Waals surface area contributed by atoms with Crippen molar-refractivity contribution in [3.8, 4) is 5.69 Å². The van der Waals surface area contributed by atoms with Crippen molar-refractivity contribution >= 4 is 17.8 Å². The molecule has 0 saturated carbocycles. The monoisotopic (exact) mass is 546 g/mol. The molecule has 1 aromatic heterocycles. The fraction of sp³-hybridized carbons (Fsp3) is 0.308. The van der Waals surface area contributed by atoms with Gasteiger partial charge in [-0.05, 0) is 31.2 Å². The molecule has 0 atom stereocenters. The molecular weight excluding hydrogens is 521 g/mol. The van der Waals surface area contributed by atoms with Crippen molar-refractivity contribution in [3.63, 3.8) is 0 Å². The second-order valence-electron chi connectivity index (χ2n) is 8.83. The number of carboxylic acid groups (broad SMARTS) is 1. The highest BCUT2D eigenvalue weighted by Gasteiger charge is 2.41. The lowest BCUT2D eigenvalue weighted by Crippen LogP contribution is -2.37. The minimum Gasteiger partial charge on any atom is -0.481 e. The molecule has 2 aliphatic heterocycles. The Morgan fingerprint density at radius 1 is 1.26 bits per heavy atom. The molecule has 13 heteroatoms. The molecule has 4 rings (SSSR count). The van der Waals surface area contributed by atoms with Gasteiger partial charge in [0.15, 0.2) is 11.5 Å². The van der Waals surface area contributed by atoms with Gasteiger partial charge in [-0.15, -0.1) is 0 Å². The van der Waals surface area contributed by atoms with Gasteiger partial charge in [0.2, 0.25) is 12.7 Å². The van der Waals surface area contributed by atoms with E-state index in [1.165, 1.54) is 42.3 Å². The number of halogens is 3. The summed E-state index contributed by atoms with van der Waals surface area (Å²) in [6.07, 6.45) is -2.57. The van der Waals surface area contributed by atoms with Gasteiger partial charge in [0, 0.05) is 49.5 Å². The van der Waals surface area contributed by atoms with E-state index in [9.17, 15) is 27.6 Å². The van der Waals surface area contributed by atoms with Crippen molar-refractivity contribution in [1.29, 1.82) is 0 Å². The summed E-state index contributed by atoms with van der Waals surface area (Å²) >= 11 is 0. The third-order valence-corrected chi connectivity index (χ3v) is 6.34. The predicted molar refractivity (Wildman–Crippen MR) is 130 cm³/mol. The van der Waals surface area contributed by atoms with Crippen LogP contribution < -0.4 is 0 Å². The molecule has 0 aliphatic carbocycles. The Labute approximate surface area is 221 Å². The standard InChI is InChI=1S/C26H25F3N4O6/c1-4-17(11-21-15(2)38-14-39-21)31(3)25(37)16-6-5-7-18(10-16)33-20-8-9-32(22(34)12-23(35)36)13-19(20)24(30-33)26(27,28)29/h4-7,10-11H,1,8-9,12-14H2,2-3H3,(H,35,36)/b17-11+. The summed E-state index contributed by atoms with van der Waals surface area (Å²) in [4.78, 5) is 38.8. The number of hydrogen-bond acceptors (Lipinski definition) is 6. The zero-order valence-electron chi connectivity index (χ0n) is 21.1. The maximum absolute atomic E-state index is 13.9. The predicted octanol–water partition coefficient (Wildman–Crippen LogP) is 3.63. The number of allylic oxidation sites excluding steroid dienone is 3. The van der Waals surface area contributed by atoms with Crippen LogP contribution >= 0.6 is 0 Å².